The number of hydrogen-bond donors (Lipinski definition) is 2. The molecule has 0 aliphatic carbocycles. The van der Waals surface area contributed by atoms with Gasteiger partial charge in [-0.2, -0.15) is 0 Å². The van der Waals surface area contributed by atoms with Crippen LogP contribution >= 0.6 is 24.0 Å². The monoisotopic (exact) mass is 498 g/mol. The minimum atomic E-state index is -0.704. The first kappa shape index (κ1) is 23.8. The highest BCUT2D eigenvalue weighted by molar-refractivity contribution is 14.0. The van der Waals surface area contributed by atoms with Crippen molar-refractivity contribution < 1.29 is 18.3 Å². The smallest absolute Gasteiger partial charge is 0.191 e. The molecule has 0 amide bonds. The molecule has 1 aliphatic rings. The number of rotatable bonds is 8. The highest BCUT2D eigenvalue weighted by Crippen LogP contribution is 2.17. The van der Waals surface area contributed by atoms with Crippen molar-refractivity contribution in [3.63, 3.8) is 0 Å². The van der Waals surface area contributed by atoms with Crippen molar-refractivity contribution in [1.29, 1.82) is 0 Å². The SMILES string of the molecule is CN=C(NCCOc1ccc(F)cc1F)NCC(C)CN1CCOCC1.I. The molecule has 0 saturated carbocycles. The van der Waals surface area contributed by atoms with Crippen LogP contribution in [0.15, 0.2) is 23.2 Å². The zero-order valence-corrected chi connectivity index (χ0v) is 18.2. The zero-order valence-electron chi connectivity index (χ0n) is 15.8. The zero-order chi connectivity index (χ0) is 18.8. The fraction of sp³-hybridized carbons (Fsp3) is 0.611. The maximum Gasteiger partial charge on any atom is 0.191 e. The Labute approximate surface area is 176 Å². The van der Waals surface area contributed by atoms with Crippen LogP contribution in [-0.4, -0.2) is 70.5 Å². The molecule has 1 heterocycles. The van der Waals surface area contributed by atoms with Crippen molar-refractivity contribution in [3.8, 4) is 5.75 Å². The van der Waals surface area contributed by atoms with Gasteiger partial charge < -0.3 is 20.1 Å². The highest BCUT2D eigenvalue weighted by Gasteiger charge is 2.14. The Hall–Kier alpha value is -1.20. The summed E-state index contributed by atoms with van der Waals surface area (Å²) in [5.74, 6) is -0.151. The van der Waals surface area contributed by atoms with Crippen LogP contribution in [-0.2, 0) is 4.74 Å². The Bertz CT molecular complexity index is 586. The molecule has 27 heavy (non-hydrogen) atoms. The summed E-state index contributed by atoms with van der Waals surface area (Å²) >= 11 is 0. The molecule has 1 aromatic carbocycles. The van der Waals surface area contributed by atoms with Gasteiger partial charge in [-0.1, -0.05) is 6.92 Å². The molecular weight excluding hydrogens is 469 g/mol. The molecule has 1 aromatic rings. The molecular formula is C18H29F2IN4O2. The first-order valence-electron chi connectivity index (χ1n) is 8.91. The fourth-order valence-electron chi connectivity index (χ4n) is 2.70. The highest BCUT2D eigenvalue weighted by atomic mass is 127. The second-order valence-electron chi connectivity index (χ2n) is 6.32. The van der Waals surface area contributed by atoms with E-state index in [0.29, 0.717) is 18.4 Å². The summed E-state index contributed by atoms with van der Waals surface area (Å²) in [6.07, 6.45) is 0. The molecule has 0 spiro atoms. The fourth-order valence-corrected chi connectivity index (χ4v) is 2.70. The van der Waals surface area contributed by atoms with E-state index >= 15 is 0 Å². The number of guanidine groups is 1. The van der Waals surface area contributed by atoms with E-state index in [0.717, 1.165) is 45.5 Å². The molecule has 9 heteroatoms. The number of halogens is 3. The Balaban J connectivity index is 0.00000364. The van der Waals surface area contributed by atoms with Gasteiger partial charge in [-0.05, 0) is 18.1 Å². The lowest BCUT2D eigenvalue weighted by atomic mass is 10.1. The second kappa shape index (κ2) is 13.1. The summed E-state index contributed by atoms with van der Waals surface area (Å²) < 4.78 is 37.0. The predicted octanol–water partition coefficient (Wildman–Crippen LogP) is 2.09. The van der Waals surface area contributed by atoms with Crippen LogP contribution in [0.25, 0.3) is 0 Å². The summed E-state index contributed by atoms with van der Waals surface area (Å²) in [5.41, 5.74) is 0. The van der Waals surface area contributed by atoms with E-state index in [1.165, 1.54) is 12.1 Å². The van der Waals surface area contributed by atoms with Crippen molar-refractivity contribution in [2.45, 2.75) is 6.92 Å². The number of morpholine rings is 1. The van der Waals surface area contributed by atoms with Crippen LogP contribution in [0.4, 0.5) is 8.78 Å². The van der Waals surface area contributed by atoms with Crippen LogP contribution in [0.5, 0.6) is 5.75 Å². The Morgan fingerprint density at radius 2 is 2.04 bits per heavy atom. The lowest BCUT2D eigenvalue weighted by Gasteiger charge is -2.29. The molecule has 0 aromatic heterocycles. The number of hydrogen-bond acceptors (Lipinski definition) is 4. The molecule has 154 valence electrons. The molecule has 2 N–H and O–H groups in total. The predicted molar refractivity (Wildman–Crippen MR) is 113 cm³/mol. The maximum absolute atomic E-state index is 13.5. The van der Waals surface area contributed by atoms with E-state index in [1.54, 1.807) is 7.05 Å². The summed E-state index contributed by atoms with van der Waals surface area (Å²) in [5, 5.41) is 6.39. The minimum Gasteiger partial charge on any atom is -0.489 e. The van der Waals surface area contributed by atoms with Gasteiger partial charge in [0, 0.05) is 39.3 Å². The van der Waals surface area contributed by atoms with Crippen molar-refractivity contribution in [1.82, 2.24) is 15.5 Å². The van der Waals surface area contributed by atoms with Gasteiger partial charge in [0.25, 0.3) is 0 Å². The third-order valence-corrected chi connectivity index (χ3v) is 4.06. The van der Waals surface area contributed by atoms with Crippen molar-refractivity contribution in [3.05, 3.63) is 29.8 Å². The van der Waals surface area contributed by atoms with Crippen LogP contribution < -0.4 is 15.4 Å². The first-order chi connectivity index (χ1) is 12.6. The average molecular weight is 498 g/mol. The second-order valence-corrected chi connectivity index (χ2v) is 6.32. The molecule has 1 atom stereocenters. The summed E-state index contributed by atoms with van der Waals surface area (Å²) in [6.45, 7) is 8.26. The third kappa shape index (κ3) is 9.02. The van der Waals surface area contributed by atoms with Gasteiger partial charge in [0.1, 0.15) is 12.4 Å². The van der Waals surface area contributed by atoms with Gasteiger partial charge in [0.05, 0.1) is 19.8 Å². The molecule has 6 nitrogen and oxygen atoms in total. The number of benzene rings is 1. The van der Waals surface area contributed by atoms with Gasteiger partial charge in [-0.25, -0.2) is 8.78 Å². The Morgan fingerprint density at radius 1 is 1.30 bits per heavy atom. The molecule has 1 unspecified atom stereocenters. The number of ether oxygens (including phenoxy) is 2. The summed E-state index contributed by atoms with van der Waals surface area (Å²) in [7, 11) is 1.70. The van der Waals surface area contributed by atoms with Crippen molar-refractivity contribution in [2.75, 3.05) is 59.6 Å². The third-order valence-electron chi connectivity index (χ3n) is 4.06. The minimum absolute atomic E-state index is 0. The average Bonchev–Trinajstić information content (AvgIpc) is 2.63. The van der Waals surface area contributed by atoms with Gasteiger partial charge >= 0.3 is 0 Å². The van der Waals surface area contributed by atoms with Gasteiger partial charge in [-0.3, -0.25) is 9.89 Å². The van der Waals surface area contributed by atoms with Crippen LogP contribution in [0.2, 0.25) is 0 Å². The summed E-state index contributed by atoms with van der Waals surface area (Å²) in [6, 6.07) is 3.26. The van der Waals surface area contributed by atoms with Crippen LogP contribution in [0.3, 0.4) is 0 Å². The quantitative estimate of drug-likeness (QED) is 0.249. The standard InChI is InChI=1S/C18H28F2N4O2.HI/c1-14(13-24-6-9-25-10-7-24)12-23-18(21-2)22-5-8-26-17-4-3-15(19)11-16(17)20;/h3-4,11,14H,5-10,12-13H2,1-2H3,(H2,21,22,23);1H. The normalized spacial score (nSPS) is 16.4. The van der Waals surface area contributed by atoms with Crippen molar-refractivity contribution in [2.24, 2.45) is 10.9 Å². The van der Waals surface area contributed by atoms with E-state index in [2.05, 4.69) is 27.4 Å². The molecule has 1 aliphatic heterocycles. The van der Waals surface area contributed by atoms with E-state index in [4.69, 9.17) is 9.47 Å². The van der Waals surface area contributed by atoms with Gasteiger partial charge in [0.15, 0.2) is 17.5 Å². The van der Waals surface area contributed by atoms with E-state index in [9.17, 15) is 8.78 Å². The molecule has 2 rings (SSSR count). The topological polar surface area (TPSA) is 58.1 Å². The first-order valence-corrected chi connectivity index (χ1v) is 8.91. The van der Waals surface area contributed by atoms with Crippen LogP contribution in [0, 0.1) is 17.6 Å². The molecule has 0 bridgehead atoms. The van der Waals surface area contributed by atoms with E-state index in [-0.39, 0.29) is 36.3 Å². The largest absolute Gasteiger partial charge is 0.489 e. The maximum atomic E-state index is 13.5. The summed E-state index contributed by atoms with van der Waals surface area (Å²) in [4.78, 5) is 6.56. The molecule has 0 radical (unpaired) electrons. The van der Waals surface area contributed by atoms with Gasteiger partial charge in [-0.15, -0.1) is 24.0 Å². The molecule has 1 saturated heterocycles. The van der Waals surface area contributed by atoms with E-state index in [1.807, 2.05) is 0 Å². The number of nitrogens with zero attached hydrogens (tertiary/aromatic N) is 2. The lowest BCUT2D eigenvalue weighted by Crippen LogP contribution is -2.44. The molecule has 1 fully saturated rings. The van der Waals surface area contributed by atoms with Gasteiger partial charge in [0.2, 0.25) is 0 Å². The Kier molecular flexibility index (Phi) is 11.5. The number of nitrogens with one attached hydrogen (secondary N) is 2. The Morgan fingerprint density at radius 3 is 2.70 bits per heavy atom. The van der Waals surface area contributed by atoms with Crippen molar-refractivity contribution >= 4 is 29.9 Å². The number of aliphatic imine (C=N–C) groups is 1. The lowest BCUT2D eigenvalue weighted by molar-refractivity contribution is 0.0320. The van der Waals surface area contributed by atoms with E-state index < -0.39 is 11.6 Å². The van der Waals surface area contributed by atoms with Crippen LogP contribution in [0.1, 0.15) is 6.92 Å².